The Hall–Kier alpha value is -0.690. The summed E-state index contributed by atoms with van der Waals surface area (Å²) in [5.41, 5.74) is 3.16. The van der Waals surface area contributed by atoms with Gasteiger partial charge in [-0.15, -0.1) is 5.10 Å². The van der Waals surface area contributed by atoms with E-state index < -0.39 is 0 Å². The summed E-state index contributed by atoms with van der Waals surface area (Å²) in [7, 11) is 0. The van der Waals surface area contributed by atoms with Crippen molar-refractivity contribution in [1.29, 1.82) is 0 Å². The molecule has 0 aliphatic heterocycles. The number of aromatic nitrogens is 5. The first-order valence-corrected chi connectivity index (χ1v) is 7.80. The van der Waals surface area contributed by atoms with Crippen molar-refractivity contribution in [3.63, 3.8) is 0 Å². The van der Waals surface area contributed by atoms with Crippen LogP contribution in [0.2, 0.25) is 0 Å². The lowest BCUT2D eigenvalue weighted by molar-refractivity contribution is 0.562. The van der Waals surface area contributed by atoms with Gasteiger partial charge < -0.3 is 0 Å². The van der Waals surface area contributed by atoms with Crippen molar-refractivity contribution in [2.75, 3.05) is 0 Å². The molecule has 0 saturated heterocycles. The molecule has 18 heavy (non-hydrogen) atoms. The molecule has 0 aliphatic carbocycles. The first-order chi connectivity index (χ1) is 8.69. The Morgan fingerprint density at radius 2 is 2.11 bits per heavy atom. The largest absolute Gasteiger partial charge is 0.267 e. The van der Waals surface area contributed by atoms with Crippen LogP contribution in [0.4, 0.5) is 0 Å². The van der Waals surface area contributed by atoms with Crippen LogP contribution in [0.25, 0.3) is 0 Å². The molecule has 0 unspecified atom stereocenters. The lowest BCUT2D eigenvalue weighted by Gasteiger charge is -2.04. The summed E-state index contributed by atoms with van der Waals surface area (Å²) in [6.07, 6.45) is 2.87. The zero-order valence-electron chi connectivity index (χ0n) is 10.4. The Kier molecular flexibility index (Phi) is 4.55. The molecule has 2 heterocycles. The van der Waals surface area contributed by atoms with Gasteiger partial charge >= 0.3 is 0 Å². The molecule has 2 aromatic heterocycles. The van der Waals surface area contributed by atoms with E-state index in [1.807, 2.05) is 15.6 Å². The molecule has 0 aromatic carbocycles. The fraction of sp³-hybridized carbons (Fsp3) is 0.545. The van der Waals surface area contributed by atoms with E-state index in [1.54, 1.807) is 0 Å². The maximum Gasteiger partial charge on any atom is 0.0932 e. The molecular weight excluding hydrogens is 362 g/mol. The van der Waals surface area contributed by atoms with E-state index in [0.29, 0.717) is 6.54 Å². The van der Waals surface area contributed by atoms with E-state index in [4.69, 9.17) is 0 Å². The van der Waals surface area contributed by atoms with Gasteiger partial charge in [0.05, 0.1) is 28.1 Å². The minimum atomic E-state index is 0.682. The lowest BCUT2D eigenvalue weighted by Crippen LogP contribution is -2.09. The summed E-state index contributed by atoms with van der Waals surface area (Å²) in [4.78, 5) is 0. The molecule has 0 radical (unpaired) electrons. The number of nitrogens with zero attached hydrogens (tertiary/aromatic N) is 5. The van der Waals surface area contributed by atoms with Crippen LogP contribution in [0.5, 0.6) is 0 Å². The zero-order chi connectivity index (χ0) is 13.1. The molecular formula is C11H15Br2N5. The average molecular weight is 377 g/mol. The number of hydrogen-bond donors (Lipinski definition) is 0. The highest BCUT2D eigenvalue weighted by molar-refractivity contribution is 9.10. The fourth-order valence-corrected chi connectivity index (χ4v) is 2.75. The van der Waals surface area contributed by atoms with Crippen molar-refractivity contribution in [3.8, 4) is 0 Å². The first kappa shape index (κ1) is 13.7. The Morgan fingerprint density at radius 1 is 1.33 bits per heavy atom. The van der Waals surface area contributed by atoms with Gasteiger partial charge in [0.1, 0.15) is 0 Å². The zero-order valence-corrected chi connectivity index (χ0v) is 13.6. The summed E-state index contributed by atoms with van der Waals surface area (Å²) in [5.74, 6) is 0. The van der Waals surface area contributed by atoms with Crippen LogP contribution >= 0.6 is 31.9 Å². The number of halogens is 2. The molecule has 0 N–H and O–H groups in total. The Morgan fingerprint density at radius 3 is 2.67 bits per heavy atom. The monoisotopic (exact) mass is 375 g/mol. The number of hydrogen-bond acceptors (Lipinski definition) is 3. The molecule has 0 amide bonds. The molecule has 0 spiro atoms. The molecule has 7 heteroatoms. The standard InChI is InChI=1S/C11H15Br2N5/c1-3-9-11(13)10(18(4-2)15-9)7-17-6-8(5-12)14-16-17/h6H,3-5,7H2,1-2H3. The maximum absolute atomic E-state index is 4.57. The lowest BCUT2D eigenvalue weighted by atomic mass is 10.3. The van der Waals surface area contributed by atoms with Crippen LogP contribution in [-0.2, 0) is 24.8 Å². The Balaban J connectivity index is 2.29. The third kappa shape index (κ3) is 2.66. The number of rotatable bonds is 5. The van der Waals surface area contributed by atoms with Gasteiger partial charge in [-0.1, -0.05) is 28.1 Å². The van der Waals surface area contributed by atoms with Crippen molar-refractivity contribution in [1.82, 2.24) is 24.8 Å². The molecule has 0 fully saturated rings. The van der Waals surface area contributed by atoms with Crippen molar-refractivity contribution in [2.24, 2.45) is 0 Å². The summed E-state index contributed by atoms with van der Waals surface area (Å²) in [6, 6.07) is 0. The molecule has 2 rings (SSSR count). The third-order valence-electron chi connectivity index (χ3n) is 2.73. The Labute approximate surface area is 123 Å². The minimum Gasteiger partial charge on any atom is -0.267 e. The highest BCUT2D eigenvalue weighted by Crippen LogP contribution is 2.23. The maximum atomic E-state index is 4.57. The van der Waals surface area contributed by atoms with E-state index in [-0.39, 0.29) is 0 Å². The highest BCUT2D eigenvalue weighted by atomic mass is 79.9. The van der Waals surface area contributed by atoms with Gasteiger partial charge in [0.15, 0.2) is 0 Å². The van der Waals surface area contributed by atoms with Crippen LogP contribution in [0.15, 0.2) is 10.7 Å². The molecule has 0 bridgehead atoms. The third-order valence-corrected chi connectivity index (χ3v) is 4.22. The topological polar surface area (TPSA) is 48.5 Å². The molecule has 5 nitrogen and oxygen atoms in total. The van der Waals surface area contributed by atoms with Gasteiger partial charge in [0.2, 0.25) is 0 Å². The van der Waals surface area contributed by atoms with Crippen LogP contribution < -0.4 is 0 Å². The van der Waals surface area contributed by atoms with Crippen molar-refractivity contribution in [2.45, 2.75) is 38.7 Å². The van der Waals surface area contributed by atoms with Gasteiger partial charge in [0.25, 0.3) is 0 Å². The average Bonchev–Trinajstić information content (AvgIpc) is 2.96. The van der Waals surface area contributed by atoms with Crippen molar-refractivity contribution >= 4 is 31.9 Å². The SMILES string of the molecule is CCc1nn(CC)c(Cn2cc(CBr)nn2)c1Br. The van der Waals surface area contributed by atoms with E-state index in [9.17, 15) is 0 Å². The van der Waals surface area contributed by atoms with Gasteiger partial charge in [-0.05, 0) is 29.3 Å². The summed E-state index contributed by atoms with van der Waals surface area (Å²) in [5, 5.41) is 13.5. The molecule has 0 saturated carbocycles. The van der Waals surface area contributed by atoms with E-state index >= 15 is 0 Å². The van der Waals surface area contributed by atoms with E-state index in [0.717, 1.165) is 39.9 Å². The van der Waals surface area contributed by atoms with E-state index in [1.165, 1.54) is 0 Å². The molecule has 0 aliphatic rings. The predicted octanol–water partition coefficient (Wildman–Crippen LogP) is 2.76. The smallest absolute Gasteiger partial charge is 0.0932 e. The second kappa shape index (κ2) is 5.97. The minimum absolute atomic E-state index is 0.682. The normalized spacial score (nSPS) is 11.1. The van der Waals surface area contributed by atoms with E-state index in [2.05, 4.69) is 61.1 Å². The number of alkyl halides is 1. The van der Waals surface area contributed by atoms with Gasteiger partial charge in [-0.2, -0.15) is 5.10 Å². The van der Waals surface area contributed by atoms with Gasteiger partial charge in [0, 0.05) is 18.1 Å². The van der Waals surface area contributed by atoms with Gasteiger partial charge in [-0.3, -0.25) is 4.68 Å². The first-order valence-electron chi connectivity index (χ1n) is 5.88. The summed E-state index contributed by atoms with van der Waals surface area (Å²) >= 11 is 7.00. The second-order valence-electron chi connectivity index (χ2n) is 3.92. The van der Waals surface area contributed by atoms with Crippen molar-refractivity contribution in [3.05, 3.63) is 27.8 Å². The summed E-state index contributed by atoms with van der Waals surface area (Å²) in [6.45, 7) is 5.73. The second-order valence-corrected chi connectivity index (χ2v) is 5.27. The fourth-order valence-electron chi connectivity index (χ4n) is 1.80. The van der Waals surface area contributed by atoms with Crippen LogP contribution in [0, 0.1) is 0 Å². The molecule has 0 atom stereocenters. The Bertz CT molecular complexity index is 532. The van der Waals surface area contributed by atoms with Gasteiger partial charge in [-0.25, -0.2) is 4.68 Å². The van der Waals surface area contributed by atoms with Crippen molar-refractivity contribution < 1.29 is 0 Å². The van der Waals surface area contributed by atoms with Crippen LogP contribution in [0.3, 0.4) is 0 Å². The predicted molar refractivity (Wildman–Crippen MR) is 76.7 cm³/mol. The van der Waals surface area contributed by atoms with Crippen LogP contribution in [0.1, 0.15) is 30.9 Å². The number of aryl methyl sites for hydroxylation is 2. The molecule has 98 valence electrons. The summed E-state index contributed by atoms with van der Waals surface area (Å²) < 4.78 is 4.94. The highest BCUT2D eigenvalue weighted by Gasteiger charge is 2.14. The van der Waals surface area contributed by atoms with Crippen LogP contribution in [-0.4, -0.2) is 24.8 Å². The molecule has 2 aromatic rings. The quantitative estimate of drug-likeness (QED) is 0.754.